The van der Waals surface area contributed by atoms with Crippen LogP contribution in [-0.2, 0) is 7.05 Å². The fourth-order valence-corrected chi connectivity index (χ4v) is 3.96. The van der Waals surface area contributed by atoms with E-state index in [1.807, 2.05) is 23.1 Å². The van der Waals surface area contributed by atoms with Crippen LogP contribution < -0.4 is 4.90 Å². The zero-order valence-corrected chi connectivity index (χ0v) is 14.3. The van der Waals surface area contributed by atoms with Crippen molar-refractivity contribution in [1.82, 2.24) is 20.0 Å². The highest BCUT2D eigenvalue weighted by molar-refractivity contribution is 7.99. The summed E-state index contributed by atoms with van der Waals surface area (Å²) < 4.78 is 1.60. The second-order valence-corrected chi connectivity index (χ2v) is 7.14. The van der Waals surface area contributed by atoms with E-state index in [0.717, 1.165) is 16.3 Å². The minimum absolute atomic E-state index is 0.0446. The molecule has 122 valence electrons. The first-order valence-electron chi connectivity index (χ1n) is 7.82. The molecule has 0 N–H and O–H groups in total. The van der Waals surface area contributed by atoms with Gasteiger partial charge in [0, 0.05) is 30.4 Å². The molecule has 1 aromatic carbocycles. The third-order valence-corrected chi connectivity index (χ3v) is 5.50. The van der Waals surface area contributed by atoms with Crippen LogP contribution in [0.2, 0.25) is 0 Å². The average molecular weight is 339 g/mol. The predicted molar refractivity (Wildman–Crippen MR) is 94.3 cm³/mol. The zero-order chi connectivity index (χ0) is 16.7. The Labute approximate surface area is 143 Å². The molecule has 0 bridgehead atoms. The first-order chi connectivity index (χ1) is 11.6. The van der Waals surface area contributed by atoms with Gasteiger partial charge in [0.15, 0.2) is 5.65 Å². The number of pyridine rings is 1. The van der Waals surface area contributed by atoms with E-state index in [9.17, 15) is 4.79 Å². The van der Waals surface area contributed by atoms with E-state index >= 15 is 0 Å². The highest BCUT2D eigenvalue weighted by Crippen LogP contribution is 2.36. The Morgan fingerprint density at radius 1 is 1.33 bits per heavy atom. The molecule has 0 saturated heterocycles. The molecular weight excluding hydrogens is 322 g/mol. The topological polar surface area (TPSA) is 63.9 Å². The van der Waals surface area contributed by atoms with Crippen LogP contribution in [0.15, 0.2) is 41.4 Å². The summed E-state index contributed by atoms with van der Waals surface area (Å²) in [6.07, 6.45) is 1.61. The molecular formula is C17H17N5OS. The fraction of sp³-hybridized carbons (Fsp3) is 0.294. The summed E-state index contributed by atoms with van der Waals surface area (Å²) in [5.41, 5.74) is 2.81. The van der Waals surface area contributed by atoms with E-state index < -0.39 is 0 Å². The number of nitrogens with zero attached hydrogens (tertiary/aromatic N) is 5. The Bertz CT molecular complexity index is 922. The average Bonchev–Trinajstić information content (AvgIpc) is 2.88. The number of para-hydroxylation sites is 1. The van der Waals surface area contributed by atoms with Gasteiger partial charge in [-0.3, -0.25) is 4.79 Å². The third kappa shape index (κ3) is 2.54. The Hall–Kier alpha value is -2.41. The number of hydrogen-bond acceptors (Lipinski definition) is 5. The van der Waals surface area contributed by atoms with Gasteiger partial charge in [0.2, 0.25) is 0 Å². The van der Waals surface area contributed by atoms with Crippen LogP contribution >= 0.6 is 11.8 Å². The summed E-state index contributed by atoms with van der Waals surface area (Å²) in [4.78, 5) is 20.5. The fourth-order valence-electron chi connectivity index (χ4n) is 2.89. The van der Waals surface area contributed by atoms with Crippen molar-refractivity contribution in [1.29, 1.82) is 0 Å². The normalized spacial score (nSPS) is 17.6. The molecule has 24 heavy (non-hydrogen) atoms. The SMILES string of the molecule is CC1CSc2ccccc2N(C(=O)c2cnc3c(c2)nnn3C)C1. The molecule has 1 amide bonds. The molecule has 0 saturated carbocycles. The number of benzene rings is 1. The second kappa shape index (κ2) is 5.90. The van der Waals surface area contributed by atoms with Crippen LogP contribution in [0.1, 0.15) is 17.3 Å². The second-order valence-electron chi connectivity index (χ2n) is 6.08. The van der Waals surface area contributed by atoms with Crippen molar-refractivity contribution < 1.29 is 4.79 Å². The molecule has 3 heterocycles. The molecule has 0 spiro atoms. The Kier molecular flexibility index (Phi) is 3.72. The molecule has 1 aliphatic heterocycles. The van der Waals surface area contributed by atoms with Gasteiger partial charge >= 0.3 is 0 Å². The Balaban J connectivity index is 1.76. The lowest BCUT2D eigenvalue weighted by molar-refractivity contribution is 0.0983. The third-order valence-electron chi connectivity index (χ3n) is 4.11. The summed E-state index contributed by atoms with van der Waals surface area (Å²) in [5, 5.41) is 8.01. The Morgan fingerprint density at radius 2 is 2.17 bits per heavy atom. The highest BCUT2D eigenvalue weighted by atomic mass is 32.2. The number of fused-ring (bicyclic) bond motifs is 2. The number of aryl methyl sites for hydroxylation is 1. The van der Waals surface area contributed by atoms with Crippen molar-refractivity contribution in [2.24, 2.45) is 13.0 Å². The van der Waals surface area contributed by atoms with E-state index in [1.165, 1.54) is 0 Å². The molecule has 4 rings (SSSR count). The lowest BCUT2D eigenvalue weighted by atomic mass is 10.1. The van der Waals surface area contributed by atoms with Crippen LogP contribution in [0, 0.1) is 5.92 Å². The predicted octanol–water partition coefficient (Wildman–Crippen LogP) is 2.75. The first-order valence-corrected chi connectivity index (χ1v) is 8.81. The van der Waals surface area contributed by atoms with Gasteiger partial charge < -0.3 is 4.90 Å². The largest absolute Gasteiger partial charge is 0.307 e. The van der Waals surface area contributed by atoms with E-state index in [-0.39, 0.29) is 5.91 Å². The van der Waals surface area contributed by atoms with Crippen molar-refractivity contribution in [2.45, 2.75) is 11.8 Å². The standard InChI is InChI=1S/C17H17N5OS/c1-11-9-22(14-5-3-4-6-15(14)24-10-11)17(23)12-7-13-16(18-8-12)21(2)20-19-13/h3-8,11H,9-10H2,1-2H3. The number of rotatable bonds is 1. The van der Waals surface area contributed by atoms with Crippen molar-refractivity contribution in [2.75, 3.05) is 17.2 Å². The molecule has 1 unspecified atom stereocenters. The molecule has 6 nitrogen and oxygen atoms in total. The maximum Gasteiger partial charge on any atom is 0.259 e. The van der Waals surface area contributed by atoms with Crippen LogP contribution in [0.5, 0.6) is 0 Å². The number of anilines is 1. The number of aromatic nitrogens is 4. The van der Waals surface area contributed by atoms with Crippen molar-refractivity contribution in [3.63, 3.8) is 0 Å². The summed E-state index contributed by atoms with van der Waals surface area (Å²) in [7, 11) is 1.79. The van der Waals surface area contributed by atoms with Crippen molar-refractivity contribution in [3.8, 4) is 0 Å². The van der Waals surface area contributed by atoms with Gasteiger partial charge in [0.1, 0.15) is 5.52 Å². The van der Waals surface area contributed by atoms with Crippen molar-refractivity contribution in [3.05, 3.63) is 42.1 Å². The van der Waals surface area contributed by atoms with E-state index in [4.69, 9.17) is 0 Å². The summed E-state index contributed by atoms with van der Waals surface area (Å²) >= 11 is 1.80. The molecule has 1 atom stereocenters. The van der Waals surface area contributed by atoms with E-state index in [2.05, 4.69) is 28.3 Å². The summed E-state index contributed by atoms with van der Waals surface area (Å²) in [6, 6.07) is 9.83. The number of carbonyl (C=O) groups excluding carboxylic acids is 1. The van der Waals surface area contributed by atoms with Gasteiger partial charge in [-0.1, -0.05) is 24.3 Å². The molecule has 3 aromatic rings. The van der Waals surface area contributed by atoms with E-state index in [1.54, 1.807) is 35.8 Å². The lowest BCUT2D eigenvalue weighted by Gasteiger charge is -2.24. The minimum atomic E-state index is -0.0446. The Morgan fingerprint density at radius 3 is 3.04 bits per heavy atom. The van der Waals surface area contributed by atoms with E-state index in [0.29, 0.717) is 29.2 Å². The van der Waals surface area contributed by atoms with Gasteiger partial charge in [-0.25, -0.2) is 9.67 Å². The number of carbonyl (C=O) groups is 1. The zero-order valence-electron chi connectivity index (χ0n) is 13.5. The smallest absolute Gasteiger partial charge is 0.259 e. The molecule has 1 aliphatic rings. The minimum Gasteiger partial charge on any atom is -0.307 e. The monoisotopic (exact) mass is 339 g/mol. The lowest BCUT2D eigenvalue weighted by Crippen LogP contribution is -2.34. The van der Waals surface area contributed by atoms with Crippen LogP contribution in [0.3, 0.4) is 0 Å². The van der Waals surface area contributed by atoms with Gasteiger partial charge in [-0.2, -0.15) is 0 Å². The molecule has 2 aromatic heterocycles. The number of amides is 1. The van der Waals surface area contributed by atoms with Crippen LogP contribution in [0.25, 0.3) is 11.2 Å². The quantitative estimate of drug-likeness (QED) is 0.682. The van der Waals surface area contributed by atoms with Crippen LogP contribution in [-0.4, -0.2) is 38.2 Å². The first kappa shape index (κ1) is 15.1. The maximum absolute atomic E-state index is 13.1. The number of hydrogen-bond donors (Lipinski definition) is 0. The van der Waals surface area contributed by atoms with Gasteiger partial charge in [0.05, 0.1) is 11.3 Å². The highest BCUT2D eigenvalue weighted by Gasteiger charge is 2.26. The molecule has 7 heteroatoms. The summed E-state index contributed by atoms with van der Waals surface area (Å²) in [5.74, 6) is 1.37. The molecule has 0 radical (unpaired) electrons. The molecule has 0 fully saturated rings. The molecule has 0 aliphatic carbocycles. The van der Waals surface area contributed by atoms with Crippen molar-refractivity contribution >= 4 is 34.5 Å². The maximum atomic E-state index is 13.1. The van der Waals surface area contributed by atoms with Gasteiger partial charge in [0.25, 0.3) is 5.91 Å². The van der Waals surface area contributed by atoms with Crippen LogP contribution in [0.4, 0.5) is 5.69 Å². The van der Waals surface area contributed by atoms with Gasteiger partial charge in [-0.15, -0.1) is 16.9 Å². The number of thioether (sulfide) groups is 1. The van der Waals surface area contributed by atoms with Gasteiger partial charge in [-0.05, 0) is 24.1 Å². The summed E-state index contributed by atoms with van der Waals surface area (Å²) in [6.45, 7) is 2.87.